The van der Waals surface area contributed by atoms with Gasteiger partial charge in [-0.1, -0.05) is 0 Å². The van der Waals surface area contributed by atoms with Crippen molar-refractivity contribution < 1.29 is 9.90 Å². The van der Waals surface area contributed by atoms with Gasteiger partial charge in [0.05, 0.1) is 11.1 Å². The van der Waals surface area contributed by atoms with Crippen molar-refractivity contribution in [2.24, 2.45) is 5.92 Å². The lowest BCUT2D eigenvalue weighted by Gasteiger charge is -2.40. The van der Waals surface area contributed by atoms with Crippen LogP contribution in [0.5, 0.6) is 0 Å². The van der Waals surface area contributed by atoms with Gasteiger partial charge >= 0.3 is 5.97 Å². The third-order valence-electron chi connectivity index (χ3n) is 5.47. The summed E-state index contributed by atoms with van der Waals surface area (Å²) in [6, 6.07) is 5.71. The molecule has 4 aromatic heterocycles. The van der Waals surface area contributed by atoms with Crippen molar-refractivity contribution in [2.75, 3.05) is 29.9 Å². The number of anilines is 2. The van der Waals surface area contributed by atoms with Gasteiger partial charge in [-0.15, -0.1) is 0 Å². The fourth-order valence-electron chi connectivity index (χ4n) is 3.83. The summed E-state index contributed by atoms with van der Waals surface area (Å²) in [5.41, 5.74) is 1.17. The number of aryl methyl sites for hydroxylation is 1. The van der Waals surface area contributed by atoms with Crippen molar-refractivity contribution in [2.45, 2.75) is 6.92 Å². The summed E-state index contributed by atoms with van der Waals surface area (Å²) in [7, 11) is 0. The Morgan fingerprint density at radius 1 is 1.38 bits per heavy atom. The number of pyridine rings is 3. The number of rotatable bonds is 6. The maximum absolute atomic E-state index is 12.9. The first kappa shape index (κ1) is 20.1. The molecule has 1 fully saturated rings. The molecule has 0 aromatic carbocycles. The molecule has 11 heteroatoms. The van der Waals surface area contributed by atoms with E-state index in [4.69, 9.17) is 4.98 Å². The van der Waals surface area contributed by atoms with E-state index < -0.39 is 11.4 Å². The van der Waals surface area contributed by atoms with E-state index in [9.17, 15) is 14.7 Å². The van der Waals surface area contributed by atoms with E-state index >= 15 is 0 Å². The van der Waals surface area contributed by atoms with Crippen molar-refractivity contribution in [3.63, 3.8) is 0 Å². The zero-order chi connectivity index (χ0) is 22.2. The lowest BCUT2D eigenvalue weighted by atomic mass is 9.99. The third-order valence-corrected chi connectivity index (χ3v) is 6.13. The first-order valence-corrected chi connectivity index (χ1v) is 10.7. The van der Waals surface area contributed by atoms with E-state index in [1.54, 1.807) is 19.3 Å². The molecule has 0 radical (unpaired) electrons. The number of nitrogens with one attached hydrogen (secondary N) is 1. The topological polar surface area (TPSA) is 126 Å². The minimum Gasteiger partial charge on any atom is -0.477 e. The number of carbonyl (C=O) groups is 1. The van der Waals surface area contributed by atoms with Crippen LogP contribution in [0.4, 0.5) is 11.5 Å². The van der Waals surface area contributed by atoms with Crippen LogP contribution in [0.1, 0.15) is 15.9 Å². The van der Waals surface area contributed by atoms with Crippen LogP contribution in [0.15, 0.2) is 47.9 Å². The molecule has 162 valence electrons. The molecule has 0 spiro atoms. The Hall–Kier alpha value is -3.86. The molecule has 2 N–H and O–H groups in total. The van der Waals surface area contributed by atoms with Crippen LogP contribution in [0.3, 0.4) is 0 Å². The lowest BCUT2D eigenvalue weighted by Crippen LogP contribution is -2.50. The van der Waals surface area contributed by atoms with Crippen LogP contribution >= 0.6 is 11.5 Å². The molecule has 0 saturated carbocycles. The minimum absolute atomic E-state index is 0.277. The largest absolute Gasteiger partial charge is 0.477 e. The number of aromatic carboxylic acids is 1. The van der Waals surface area contributed by atoms with Crippen molar-refractivity contribution in [3.05, 3.63) is 64.5 Å². The van der Waals surface area contributed by atoms with Gasteiger partial charge in [0, 0.05) is 55.7 Å². The quantitative estimate of drug-likeness (QED) is 0.455. The van der Waals surface area contributed by atoms with Gasteiger partial charge in [0.15, 0.2) is 5.65 Å². The summed E-state index contributed by atoms with van der Waals surface area (Å²) in [6.45, 7) is 4.27. The monoisotopic (exact) mass is 449 g/mol. The fourth-order valence-corrected chi connectivity index (χ4v) is 4.34. The molecule has 0 unspecified atom stereocenters. The van der Waals surface area contributed by atoms with E-state index in [2.05, 4.69) is 24.6 Å². The predicted octanol–water partition coefficient (Wildman–Crippen LogP) is 2.19. The Morgan fingerprint density at radius 2 is 2.22 bits per heavy atom. The average Bonchev–Trinajstić information content (AvgIpc) is 3.27. The van der Waals surface area contributed by atoms with E-state index in [0.29, 0.717) is 22.3 Å². The number of carboxylic acid groups (broad SMARTS) is 1. The average molecular weight is 449 g/mol. The summed E-state index contributed by atoms with van der Waals surface area (Å²) in [6.07, 6.45) is 6.20. The van der Waals surface area contributed by atoms with E-state index in [0.717, 1.165) is 42.7 Å². The van der Waals surface area contributed by atoms with E-state index in [-0.39, 0.29) is 10.9 Å². The fraction of sp³-hybridized carbons (Fsp3) is 0.238. The van der Waals surface area contributed by atoms with Gasteiger partial charge in [0.25, 0.3) is 0 Å². The third kappa shape index (κ3) is 3.56. The number of fused-ring (bicyclic) bond motifs is 1. The first-order chi connectivity index (χ1) is 15.5. The summed E-state index contributed by atoms with van der Waals surface area (Å²) < 4.78 is 5.54. The van der Waals surface area contributed by atoms with Gasteiger partial charge in [-0.05, 0) is 30.7 Å². The van der Waals surface area contributed by atoms with Crippen LogP contribution in [0.25, 0.3) is 16.2 Å². The van der Waals surface area contributed by atoms with Crippen molar-refractivity contribution >= 4 is 40.0 Å². The summed E-state index contributed by atoms with van der Waals surface area (Å²) >= 11 is 1.10. The Labute approximate surface area is 186 Å². The Balaban J connectivity index is 1.46. The molecule has 4 aromatic rings. The van der Waals surface area contributed by atoms with E-state index in [1.165, 1.54) is 17.1 Å². The summed E-state index contributed by atoms with van der Waals surface area (Å²) in [4.78, 5) is 39.7. The highest BCUT2D eigenvalue weighted by Crippen LogP contribution is 2.28. The summed E-state index contributed by atoms with van der Waals surface area (Å²) in [5, 5.41) is 13.6. The Bertz CT molecular complexity index is 1350. The van der Waals surface area contributed by atoms with Crippen molar-refractivity contribution in [3.8, 4) is 5.13 Å². The van der Waals surface area contributed by atoms with Crippen LogP contribution in [-0.4, -0.2) is 54.6 Å². The van der Waals surface area contributed by atoms with Crippen LogP contribution < -0.4 is 15.6 Å². The highest BCUT2D eigenvalue weighted by atomic mass is 32.1. The second-order valence-corrected chi connectivity index (χ2v) is 8.42. The highest BCUT2D eigenvalue weighted by Gasteiger charge is 2.29. The molecule has 0 amide bonds. The van der Waals surface area contributed by atoms with Gasteiger partial charge < -0.3 is 15.3 Å². The zero-order valence-electron chi connectivity index (χ0n) is 17.1. The number of hydrogen-bond acceptors (Lipinski definition) is 9. The molecule has 5 rings (SSSR count). The standard InChI is InChI=1S/C21H19N7O3S/c1-12-5-16(27-8-13(9-27)6-23-14-3-2-4-22-7-14)26-19-17(12)18(29)15(20(30)31)10-28(19)21-24-11-25-32-21/h2-5,7,10-11,13,23H,6,8-9H2,1H3,(H,30,31). The molecule has 5 heterocycles. The first-order valence-electron chi connectivity index (χ1n) is 9.97. The van der Waals surface area contributed by atoms with Crippen LogP contribution in [0, 0.1) is 12.8 Å². The van der Waals surface area contributed by atoms with E-state index in [1.807, 2.05) is 18.2 Å². The minimum atomic E-state index is -1.29. The molecule has 0 aliphatic carbocycles. The Morgan fingerprint density at radius 3 is 2.91 bits per heavy atom. The van der Waals surface area contributed by atoms with Crippen LogP contribution in [-0.2, 0) is 0 Å². The maximum atomic E-state index is 12.9. The second-order valence-electron chi connectivity index (χ2n) is 7.66. The SMILES string of the molecule is Cc1cc(N2CC(CNc3cccnc3)C2)nc2c1c(=O)c(C(=O)O)cn2-c1ncns1. The van der Waals surface area contributed by atoms with Gasteiger partial charge in [0.2, 0.25) is 10.6 Å². The zero-order valence-corrected chi connectivity index (χ0v) is 17.9. The molecule has 10 nitrogen and oxygen atoms in total. The number of carboxylic acids is 1. The molecule has 0 atom stereocenters. The number of aromatic nitrogens is 5. The molecular formula is C21H19N7O3S. The summed E-state index contributed by atoms with van der Waals surface area (Å²) in [5.74, 6) is -0.0912. The maximum Gasteiger partial charge on any atom is 0.341 e. The van der Waals surface area contributed by atoms with Gasteiger partial charge in [0.1, 0.15) is 17.7 Å². The lowest BCUT2D eigenvalue weighted by molar-refractivity contribution is 0.0695. The van der Waals surface area contributed by atoms with Crippen molar-refractivity contribution in [1.82, 2.24) is 23.9 Å². The predicted molar refractivity (Wildman–Crippen MR) is 121 cm³/mol. The van der Waals surface area contributed by atoms with Crippen LogP contribution in [0.2, 0.25) is 0 Å². The van der Waals surface area contributed by atoms with Crippen molar-refractivity contribution in [1.29, 1.82) is 0 Å². The number of hydrogen-bond donors (Lipinski definition) is 2. The second kappa shape index (κ2) is 8.00. The van der Waals surface area contributed by atoms with Gasteiger partial charge in [-0.2, -0.15) is 4.37 Å². The molecule has 1 aliphatic rings. The smallest absolute Gasteiger partial charge is 0.341 e. The highest BCUT2D eigenvalue weighted by molar-refractivity contribution is 7.08. The molecular weight excluding hydrogens is 430 g/mol. The molecule has 32 heavy (non-hydrogen) atoms. The number of nitrogens with zero attached hydrogens (tertiary/aromatic N) is 6. The van der Waals surface area contributed by atoms with Gasteiger partial charge in [-0.25, -0.2) is 14.8 Å². The normalized spacial score (nSPS) is 13.8. The molecule has 1 aliphatic heterocycles. The molecule has 1 saturated heterocycles. The Kier molecular flexibility index (Phi) is 5.02. The molecule has 0 bridgehead atoms. The van der Waals surface area contributed by atoms with Gasteiger partial charge in [-0.3, -0.25) is 14.3 Å².